The average Bonchev–Trinajstić information content (AvgIpc) is 1.96. The minimum absolute atomic E-state index is 0.0452. The summed E-state index contributed by atoms with van der Waals surface area (Å²) in [6, 6.07) is 0.189. The van der Waals surface area contributed by atoms with Crippen LogP contribution in [0.4, 0.5) is 0 Å². The van der Waals surface area contributed by atoms with Gasteiger partial charge in [-0.15, -0.1) is 0 Å². The number of aliphatic hydroxyl groups excluding tert-OH is 1. The maximum absolute atomic E-state index is 9.57. The molecule has 1 rings (SSSR count). The van der Waals surface area contributed by atoms with Crippen LogP contribution in [-0.2, 0) is 4.74 Å². The fraction of sp³-hybridized carbons (Fsp3) is 1.00. The molecular weight excluding hydrogens is 142 g/mol. The van der Waals surface area contributed by atoms with Crippen molar-refractivity contribution in [1.82, 2.24) is 5.32 Å². The van der Waals surface area contributed by atoms with Crippen molar-refractivity contribution in [3.8, 4) is 0 Å². The highest BCUT2D eigenvalue weighted by Gasteiger charge is 2.31. The zero-order valence-corrected chi connectivity index (χ0v) is 7.37. The van der Waals surface area contributed by atoms with Crippen molar-refractivity contribution in [2.75, 3.05) is 7.05 Å². The van der Waals surface area contributed by atoms with Crippen LogP contribution in [0.2, 0.25) is 0 Å². The number of hydrogen-bond donors (Lipinski definition) is 2. The number of ether oxygens (including phenoxy) is 1. The molecular formula is C8H17NO2. The molecule has 1 fully saturated rings. The first-order valence-corrected chi connectivity index (χ1v) is 4.16. The molecule has 11 heavy (non-hydrogen) atoms. The maximum Gasteiger partial charge on any atom is 0.0952 e. The van der Waals surface area contributed by atoms with Gasteiger partial charge < -0.3 is 15.2 Å². The van der Waals surface area contributed by atoms with Crippen molar-refractivity contribution in [3.05, 3.63) is 0 Å². The van der Waals surface area contributed by atoms with Crippen LogP contribution < -0.4 is 5.32 Å². The van der Waals surface area contributed by atoms with Gasteiger partial charge in [-0.2, -0.15) is 0 Å². The number of nitrogens with one attached hydrogen (secondary N) is 1. The van der Waals surface area contributed by atoms with Gasteiger partial charge in [-0.25, -0.2) is 0 Å². The molecule has 1 aliphatic heterocycles. The van der Waals surface area contributed by atoms with Crippen LogP contribution in [0.5, 0.6) is 0 Å². The predicted octanol–water partition coefficient (Wildman–Crippen LogP) is 0.133. The number of rotatable bonds is 1. The molecule has 0 aromatic rings. The average molecular weight is 159 g/mol. The van der Waals surface area contributed by atoms with Gasteiger partial charge in [0.15, 0.2) is 0 Å². The smallest absolute Gasteiger partial charge is 0.0952 e. The quantitative estimate of drug-likeness (QED) is 0.571. The van der Waals surface area contributed by atoms with Crippen molar-refractivity contribution in [2.24, 2.45) is 0 Å². The first-order chi connectivity index (χ1) is 5.15. The van der Waals surface area contributed by atoms with Gasteiger partial charge in [-0.05, 0) is 27.3 Å². The highest BCUT2D eigenvalue weighted by atomic mass is 16.5. The Bertz CT molecular complexity index is 129. The Kier molecular flexibility index (Phi) is 2.87. The zero-order valence-electron chi connectivity index (χ0n) is 7.37. The normalized spacial score (nSPS) is 45.8. The third-order valence-corrected chi connectivity index (χ3v) is 2.30. The van der Waals surface area contributed by atoms with Gasteiger partial charge in [0.2, 0.25) is 0 Å². The molecule has 1 aliphatic rings. The van der Waals surface area contributed by atoms with E-state index in [9.17, 15) is 5.11 Å². The van der Waals surface area contributed by atoms with Crippen LogP contribution in [0.3, 0.4) is 0 Å². The molecule has 3 heteroatoms. The van der Waals surface area contributed by atoms with E-state index in [0.717, 1.165) is 6.42 Å². The van der Waals surface area contributed by atoms with Gasteiger partial charge in [0.1, 0.15) is 0 Å². The van der Waals surface area contributed by atoms with Crippen LogP contribution in [0.1, 0.15) is 20.3 Å². The Labute approximate surface area is 67.7 Å². The highest BCUT2D eigenvalue weighted by molar-refractivity contribution is 4.85. The zero-order chi connectivity index (χ0) is 8.43. The van der Waals surface area contributed by atoms with Crippen molar-refractivity contribution < 1.29 is 9.84 Å². The van der Waals surface area contributed by atoms with Crippen molar-refractivity contribution in [1.29, 1.82) is 0 Å². The third kappa shape index (κ3) is 1.92. The molecule has 0 bridgehead atoms. The monoisotopic (exact) mass is 159 g/mol. The van der Waals surface area contributed by atoms with Gasteiger partial charge in [0.05, 0.1) is 18.3 Å². The SMILES string of the molecule is CNC1CC(C)OC(C)C1O. The second-order valence-electron chi connectivity index (χ2n) is 3.27. The van der Waals surface area contributed by atoms with Crippen LogP contribution in [0.15, 0.2) is 0 Å². The molecule has 0 aliphatic carbocycles. The summed E-state index contributed by atoms with van der Waals surface area (Å²) in [5, 5.41) is 12.7. The van der Waals surface area contributed by atoms with E-state index in [0.29, 0.717) is 0 Å². The molecule has 1 saturated heterocycles. The van der Waals surface area contributed by atoms with Crippen molar-refractivity contribution in [3.63, 3.8) is 0 Å². The summed E-state index contributed by atoms with van der Waals surface area (Å²) >= 11 is 0. The Hall–Kier alpha value is -0.120. The molecule has 66 valence electrons. The largest absolute Gasteiger partial charge is 0.389 e. The Balaban J connectivity index is 2.51. The minimum Gasteiger partial charge on any atom is -0.389 e. The lowest BCUT2D eigenvalue weighted by Gasteiger charge is -2.36. The van der Waals surface area contributed by atoms with Crippen molar-refractivity contribution in [2.45, 2.75) is 44.6 Å². The van der Waals surface area contributed by atoms with Crippen LogP contribution >= 0.6 is 0 Å². The van der Waals surface area contributed by atoms with Gasteiger partial charge in [0, 0.05) is 6.04 Å². The van der Waals surface area contributed by atoms with Crippen LogP contribution in [0.25, 0.3) is 0 Å². The van der Waals surface area contributed by atoms with Gasteiger partial charge in [-0.1, -0.05) is 0 Å². The molecule has 0 spiro atoms. The molecule has 2 N–H and O–H groups in total. The molecule has 0 radical (unpaired) electrons. The molecule has 4 atom stereocenters. The summed E-state index contributed by atoms with van der Waals surface area (Å²) in [7, 11) is 1.87. The summed E-state index contributed by atoms with van der Waals surface area (Å²) in [6.07, 6.45) is 0.736. The number of likely N-dealkylation sites (N-methyl/N-ethyl adjacent to an activating group) is 1. The van der Waals surface area contributed by atoms with E-state index in [1.807, 2.05) is 20.9 Å². The maximum atomic E-state index is 9.57. The van der Waals surface area contributed by atoms with E-state index in [1.165, 1.54) is 0 Å². The lowest BCUT2D eigenvalue weighted by molar-refractivity contribution is -0.116. The molecule has 4 unspecified atom stereocenters. The number of aliphatic hydroxyl groups is 1. The molecule has 0 saturated carbocycles. The highest BCUT2D eigenvalue weighted by Crippen LogP contribution is 2.19. The minimum atomic E-state index is -0.365. The fourth-order valence-electron chi connectivity index (χ4n) is 1.62. The lowest BCUT2D eigenvalue weighted by atomic mass is 9.97. The van der Waals surface area contributed by atoms with E-state index >= 15 is 0 Å². The second-order valence-corrected chi connectivity index (χ2v) is 3.27. The topological polar surface area (TPSA) is 41.5 Å². The summed E-state index contributed by atoms with van der Waals surface area (Å²) in [6.45, 7) is 3.94. The van der Waals surface area contributed by atoms with Crippen molar-refractivity contribution >= 4 is 0 Å². The standard InChI is InChI=1S/C8H17NO2/c1-5-4-7(9-3)8(10)6(2)11-5/h5-10H,4H2,1-3H3. The Morgan fingerprint density at radius 2 is 2.09 bits per heavy atom. The van der Waals surface area contributed by atoms with E-state index in [2.05, 4.69) is 5.32 Å². The predicted molar refractivity (Wildman–Crippen MR) is 43.5 cm³/mol. The van der Waals surface area contributed by atoms with Gasteiger partial charge in [-0.3, -0.25) is 0 Å². The van der Waals surface area contributed by atoms with Crippen LogP contribution in [-0.4, -0.2) is 36.5 Å². The van der Waals surface area contributed by atoms with Gasteiger partial charge in [0.25, 0.3) is 0 Å². The third-order valence-electron chi connectivity index (χ3n) is 2.30. The summed E-state index contributed by atoms with van der Waals surface area (Å²) in [5.74, 6) is 0. The van der Waals surface area contributed by atoms with E-state index in [4.69, 9.17) is 4.74 Å². The summed E-state index contributed by atoms with van der Waals surface area (Å²) in [5.41, 5.74) is 0. The summed E-state index contributed by atoms with van der Waals surface area (Å²) in [4.78, 5) is 0. The van der Waals surface area contributed by atoms with E-state index in [-0.39, 0.29) is 24.4 Å². The lowest BCUT2D eigenvalue weighted by Crippen LogP contribution is -2.51. The Morgan fingerprint density at radius 3 is 2.64 bits per heavy atom. The van der Waals surface area contributed by atoms with E-state index < -0.39 is 0 Å². The fourth-order valence-corrected chi connectivity index (χ4v) is 1.62. The second kappa shape index (κ2) is 3.52. The van der Waals surface area contributed by atoms with Crippen LogP contribution in [0, 0.1) is 0 Å². The molecule has 3 nitrogen and oxygen atoms in total. The first kappa shape index (κ1) is 8.97. The molecule has 1 heterocycles. The molecule has 0 aromatic heterocycles. The van der Waals surface area contributed by atoms with E-state index in [1.54, 1.807) is 0 Å². The molecule has 0 amide bonds. The summed E-state index contributed by atoms with van der Waals surface area (Å²) < 4.78 is 5.44. The Morgan fingerprint density at radius 1 is 1.45 bits per heavy atom. The molecule has 0 aromatic carbocycles. The first-order valence-electron chi connectivity index (χ1n) is 4.16. The number of hydrogen-bond acceptors (Lipinski definition) is 3. The van der Waals surface area contributed by atoms with Gasteiger partial charge >= 0.3 is 0 Å².